The van der Waals surface area contributed by atoms with E-state index in [4.69, 9.17) is 4.74 Å². The monoisotopic (exact) mass is 303 g/mol. The molecule has 1 aliphatic heterocycles. The van der Waals surface area contributed by atoms with Gasteiger partial charge >= 0.3 is 5.97 Å². The number of esters is 1. The van der Waals surface area contributed by atoms with E-state index in [2.05, 4.69) is 15.0 Å². The molecule has 2 aromatic heterocycles. The van der Waals surface area contributed by atoms with E-state index in [-0.39, 0.29) is 17.4 Å². The fourth-order valence-corrected chi connectivity index (χ4v) is 2.50. The fraction of sp³-hybridized carbons (Fsp3) is 0.429. The number of nitrogens with zero attached hydrogens (tertiary/aromatic N) is 4. The van der Waals surface area contributed by atoms with Crippen LogP contribution < -0.4 is 10.5 Å². The van der Waals surface area contributed by atoms with Gasteiger partial charge in [0.25, 0.3) is 5.56 Å². The van der Waals surface area contributed by atoms with Crippen molar-refractivity contribution in [1.29, 1.82) is 0 Å². The summed E-state index contributed by atoms with van der Waals surface area (Å²) < 4.78 is 6.67. The fourth-order valence-electron chi connectivity index (χ4n) is 2.50. The van der Waals surface area contributed by atoms with Crippen LogP contribution in [0.5, 0.6) is 0 Å². The van der Waals surface area contributed by atoms with Crippen LogP contribution in [0.1, 0.15) is 6.92 Å². The number of H-pyrrole nitrogens is 1. The molecule has 22 heavy (non-hydrogen) atoms. The molecule has 2 aromatic rings. The van der Waals surface area contributed by atoms with E-state index in [1.807, 2.05) is 17.1 Å². The first-order valence-corrected chi connectivity index (χ1v) is 7.09. The highest BCUT2D eigenvalue weighted by molar-refractivity contribution is 5.76. The predicted molar refractivity (Wildman–Crippen MR) is 80.6 cm³/mol. The number of nitrogens with one attached hydrogen (secondary N) is 1. The van der Waals surface area contributed by atoms with E-state index in [0.717, 1.165) is 0 Å². The van der Waals surface area contributed by atoms with Crippen LogP contribution in [0.15, 0.2) is 23.3 Å². The number of hydrogen-bond acceptors (Lipinski definition) is 6. The van der Waals surface area contributed by atoms with E-state index >= 15 is 0 Å². The Bertz CT molecular complexity index is 791. The highest BCUT2D eigenvalue weighted by Gasteiger charge is 2.25. The number of carbonyl (C=O) groups is 1. The normalized spacial score (nSPS) is 17.9. The standard InChI is InChI=1S/C14H17N5O3/c1-3-22-13(21)9-5-4-6-19(7-9)14-16-11-10(12(20)17-14)18(2)8-15-11/h4-5,8-9H,3,6-7H2,1-2H3,(H,16,17,20). The summed E-state index contributed by atoms with van der Waals surface area (Å²) in [5, 5.41) is 0. The van der Waals surface area contributed by atoms with E-state index in [1.54, 1.807) is 24.9 Å². The average Bonchev–Trinajstić information content (AvgIpc) is 2.89. The number of rotatable bonds is 3. The highest BCUT2D eigenvalue weighted by atomic mass is 16.5. The Hall–Kier alpha value is -2.64. The van der Waals surface area contributed by atoms with Crippen molar-refractivity contribution in [3.8, 4) is 0 Å². The quantitative estimate of drug-likeness (QED) is 0.643. The SMILES string of the molecule is CCOC(=O)C1C=CCN(c2nc3ncn(C)c3c(=O)[nH]2)C1. The maximum Gasteiger partial charge on any atom is 0.314 e. The summed E-state index contributed by atoms with van der Waals surface area (Å²) in [4.78, 5) is 37.1. The van der Waals surface area contributed by atoms with Crippen molar-refractivity contribution in [2.24, 2.45) is 13.0 Å². The number of anilines is 1. The Balaban J connectivity index is 1.90. The van der Waals surface area contributed by atoms with E-state index in [1.165, 1.54) is 0 Å². The van der Waals surface area contributed by atoms with Crippen molar-refractivity contribution in [1.82, 2.24) is 19.5 Å². The predicted octanol–water partition coefficient (Wildman–Crippen LogP) is 0.212. The van der Waals surface area contributed by atoms with Gasteiger partial charge < -0.3 is 14.2 Å². The van der Waals surface area contributed by atoms with Gasteiger partial charge in [0.05, 0.1) is 18.9 Å². The number of imidazole rings is 1. The Morgan fingerprint density at radius 1 is 1.55 bits per heavy atom. The number of aryl methyl sites for hydroxylation is 1. The van der Waals surface area contributed by atoms with Crippen molar-refractivity contribution in [2.75, 3.05) is 24.6 Å². The summed E-state index contributed by atoms with van der Waals surface area (Å²) in [6, 6.07) is 0. The Labute approximate surface area is 126 Å². The molecule has 0 radical (unpaired) electrons. The molecule has 1 atom stereocenters. The van der Waals surface area contributed by atoms with Crippen LogP contribution in [0.2, 0.25) is 0 Å². The van der Waals surface area contributed by atoms with Crippen molar-refractivity contribution in [3.63, 3.8) is 0 Å². The van der Waals surface area contributed by atoms with Crippen molar-refractivity contribution in [3.05, 3.63) is 28.8 Å². The zero-order chi connectivity index (χ0) is 15.7. The first kappa shape index (κ1) is 14.3. The summed E-state index contributed by atoms with van der Waals surface area (Å²) in [6.45, 7) is 3.10. The third kappa shape index (κ3) is 2.47. The minimum absolute atomic E-state index is 0.248. The van der Waals surface area contributed by atoms with Gasteiger partial charge in [0.15, 0.2) is 11.2 Å². The maximum atomic E-state index is 12.1. The molecule has 0 bridgehead atoms. The zero-order valence-corrected chi connectivity index (χ0v) is 12.4. The second kappa shape index (κ2) is 5.63. The van der Waals surface area contributed by atoms with Crippen molar-refractivity contribution < 1.29 is 9.53 Å². The van der Waals surface area contributed by atoms with Crippen LogP contribution in [0.25, 0.3) is 11.2 Å². The summed E-state index contributed by atoms with van der Waals surface area (Å²) in [5.74, 6) is -0.224. The molecule has 1 unspecified atom stereocenters. The summed E-state index contributed by atoms with van der Waals surface area (Å²) in [7, 11) is 1.74. The van der Waals surface area contributed by atoms with E-state index < -0.39 is 0 Å². The van der Waals surface area contributed by atoms with Crippen LogP contribution in [-0.4, -0.2) is 45.2 Å². The maximum absolute atomic E-state index is 12.1. The molecule has 3 rings (SSSR count). The molecular weight excluding hydrogens is 286 g/mol. The Kier molecular flexibility index (Phi) is 3.66. The summed E-state index contributed by atoms with van der Waals surface area (Å²) in [6.07, 6.45) is 5.24. The second-order valence-electron chi connectivity index (χ2n) is 5.11. The number of hydrogen-bond donors (Lipinski definition) is 1. The van der Waals surface area contributed by atoms with Crippen LogP contribution in [0, 0.1) is 5.92 Å². The smallest absolute Gasteiger partial charge is 0.314 e. The summed E-state index contributed by atoms with van der Waals surface area (Å²) in [5.41, 5.74) is 0.573. The van der Waals surface area contributed by atoms with Gasteiger partial charge in [-0.15, -0.1) is 0 Å². The minimum atomic E-state index is -0.363. The van der Waals surface area contributed by atoms with E-state index in [0.29, 0.717) is 36.8 Å². The molecule has 0 spiro atoms. The largest absolute Gasteiger partial charge is 0.465 e. The van der Waals surface area contributed by atoms with Gasteiger partial charge in [0.2, 0.25) is 5.95 Å². The first-order valence-electron chi connectivity index (χ1n) is 7.09. The lowest BCUT2D eigenvalue weighted by atomic mass is 10.1. The molecular formula is C14H17N5O3. The number of ether oxygens (including phenoxy) is 1. The summed E-state index contributed by atoms with van der Waals surface area (Å²) >= 11 is 0. The zero-order valence-electron chi connectivity index (χ0n) is 12.4. The first-order chi connectivity index (χ1) is 10.6. The lowest BCUT2D eigenvalue weighted by molar-refractivity contribution is -0.146. The van der Waals surface area contributed by atoms with Gasteiger partial charge in [-0.1, -0.05) is 12.2 Å². The molecule has 1 aliphatic rings. The molecule has 8 heteroatoms. The highest BCUT2D eigenvalue weighted by Crippen LogP contribution is 2.17. The lowest BCUT2D eigenvalue weighted by Gasteiger charge is -2.27. The van der Waals surface area contributed by atoms with E-state index in [9.17, 15) is 9.59 Å². The molecule has 8 nitrogen and oxygen atoms in total. The van der Waals surface area contributed by atoms with Gasteiger partial charge in [0, 0.05) is 20.1 Å². The number of carbonyl (C=O) groups excluding carboxylic acids is 1. The molecule has 0 saturated heterocycles. The van der Waals surface area contributed by atoms with Gasteiger partial charge in [-0.05, 0) is 6.92 Å². The molecule has 1 N–H and O–H groups in total. The average molecular weight is 303 g/mol. The van der Waals surface area contributed by atoms with Gasteiger partial charge in [-0.2, -0.15) is 4.98 Å². The molecule has 116 valence electrons. The van der Waals surface area contributed by atoms with Gasteiger partial charge in [0.1, 0.15) is 0 Å². The number of fused-ring (bicyclic) bond motifs is 1. The Morgan fingerprint density at radius 2 is 2.36 bits per heavy atom. The van der Waals surface area contributed by atoms with Crippen molar-refractivity contribution in [2.45, 2.75) is 6.92 Å². The number of aromatic amines is 1. The lowest BCUT2D eigenvalue weighted by Crippen LogP contribution is -2.38. The molecule has 3 heterocycles. The van der Waals surface area contributed by atoms with Gasteiger partial charge in [-0.3, -0.25) is 14.6 Å². The van der Waals surface area contributed by atoms with Crippen LogP contribution in [-0.2, 0) is 16.6 Å². The van der Waals surface area contributed by atoms with Crippen LogP contribution in [0.3, 0.4) is 0 Å². The number of aromatic nitrogens is 4. The minimum Gasteiger partial charge on any atom is -0.465 e. The second-order valence-corrected chi connectivity index (χ2v) is 5.11. The van der Waals surface area contributed by atoms with Crippen molar-refractivity contribution >= 4 is 23.1 Å². The molecule has 0 fully saturated rings. The molecule has 0 aliphatic carbocycles. The van der Waals surface area contributed by atoms with Gasteiger partial charge in [-0.25, -0.2) is 4.98 Å². The Morgan fingerprint density at radius 3 is 3.14 bits per heavy atom. The molecule has 0 aromatic carbocycles. The van der Waals surface area contributed by atoms with Crippen LogP contribution >= 0.6 is 0 Å². The molecule has 0 saturated carbocycles. The topological polar surface area (TPSA) is 93.1 Å². The third-order valence-corrected chi connectivity index (χ3v) is 3.57. The van der Waals surface area contributed by atoms with Crippen LogP contribution in [0.4, 0.5) is 5.95 Å². The molecule has 0 amide bonds. The third-order valence-electron chi connectivity index (χ3n) is 3.57.